The number of hydrogen-bond acceptors (Lipinski definition) is 2. The van der Waals surface area contributed by atoms with Gasteiger partial charge in [-0.25, -0.2) is 0 Å². The maximum absolute atomic E-state index is 5.44. The Morgan fingerprint density at radius 1 is 1.04 bits per heavy atom. The summed E-state index contributed by atoms with van der Waals surface area (Å²) >= 11 is 8.99. The lowest BCUT2D eigenvalue weighted by Crippen LogP contribution is -2.20. The van der Waals surface area contributed by atoms with E-state index in [1.54, 1.807) is 0 Å². The van der Waals surface area contributed by atoms with E-state index in [0.717, 1.165) is 15.7 Å². The lowest BCUT2D eigenvalue weighted by molar-refractivity contribution is 0.689. The smallest absolute Gasteiger partial charge is 0.176 e. The number of nitrogens with zero attached hydrogens (tertiary/aromatic N) is 2. The number of hydrogen-bond donors (Lipinski definition) is 2. The molecule has 0 radical (unpaired) electrons. The van der Waals surface area contributed by atoms with E-state index in [4.69, 9.17) is 12.2 Å². The number of thiocarbonyl (C=S) groups is 1. The molecule has 4 nitrogen and oxygen atoms in total. The molecule has 1 heterocycles. The SMILES string of the molecule is Cc1ccc(Cn2cc(Br)c(NC(=S)Nc3cc(C)ccc3C)n2)cc1. The van der Waals surface area contributed by atoms with E-state index < -0.39 is 0 Å². The average Bonchev–Trinajstić information content (AvgIpc) is 2.92. The quantitative estimate of drug-likeness (QED) is 0.543. The van der Waals surface area contributed by atoms with E-state index in [9.17, 15) is 0 Å². The molecule has 0 bridgehead atoms. The zero-order chi connectivity index (χ0) is 18.7. The molecule has 3 aromatic rings. The van der Waals surface area contributed by atoms with Crippen molar-refractivity contribution in [1.29, 1.82) is 0 Å². The van der Waals surface area contributed by atoms with Gasteiger partial charge in [-0.15, -0.1) is 0 Å². The summed E-state index contributed by atoms with van der Waals surface area (Å²) in [7, 11) is 0. The van der Waals surface area contributed by atoms with E-state index in [1.165, 1.54) is 16.7 Å². The van der Waals surface area contributed by atoms with E-state index >= 15 is 0 Å². The van der Waals surface area contributed by atoms with Crippen LogP contribution in [0.15, 0.2) is 53.1 Å². The lowest BCUT2D eigenvalue weighted by atomic mass is 10.1. The van der Waals surface area contributed by atoms with Gasteiger partial charge in [-0.3, -0.25) is 4.68 Å². The van der Waals surface area contributed by atoms with Gasteiger partial charge in [0.15, 0.2) is 10.9 Å². The van der Waals surface area contributed by atoms with Gasteiger partial charge < -0.3 is 10.6 Å². The molecule has 0 saturated heterocycles. The Bertz CT molecular complexity index is 931. The Morgan fingerprint density at radius 3 is 2.46 bits per heavy atom. The Morgan fingerprint density at radius 2 is 1.73 bits per heavy atom. The summed E-state index contributed by atoms with van der Waals surface area (Å²) in [6.07, 6.45) is 1.95. The fourth-order valence-electron chi connectivity index (χ4n) is 2.57. The predicted molar refractivity (Wildman–Crippen MR) is 116 cm³/mol. The molecule has 26 heavy (non-hydrogen) atoms. The van der Waals surface area contributed by atoms with E-state index in [0.29, 0.717) is 17.5 Å². The summed E-state index contributed by atoms with van der Waals surface area (Å²) in [4.78, 5) is 0. The third kappa shape index (κ3) is 4.71. The number of rotatable bonds is 4. The third-order valence-corrected chi connectivity index (χ3v) is 4.84. The highest BCUT2D eigenvalue weighted by Gasteiger charge is 2.10. The Labute approximate surface area is 167 Å². The van der Waals surface area contributed by atoms with Crippen molar-refractivity contribution in [1.82, 2.24) is 9.78 Å². The van der Waals surface area contributed by atoms with Gasteiger partial charge in [-0.2, -0.15) is 5.10 Å². The summed E-state index contributed by atoms with van der Waals surface area (Å²) in [5, 5.41) is 11.5. The molecule has 0 spiro atoms. The van der Waals surface area contributed by atoms with E-state index in [-0.39, 0.29) is 0 Å². The summed E-state index contributed by atoms with van der Waals surface area (Å²) in [5.41, 5.74) is 5.78. The van der Waals surface area contributed by atoms with Crippen LogP contribution in [0.3, 0.4) is 0 Å². The van der Waals surface area contributed by atoms with Gasteiger partial charge in [0, 0.05) is 11.9 Å². The van der Waals surface area contributed by atoms with Crippen molar-refractivity contribution < 1.29 is 0 Å². The van der Waals surface area contributed by atoms with Gasteiger partial charge in [-0.05, 0) is 71.7 Å². The van der Waals surface area contributed by atoms with Crippen molar-refractivity contribution in [2.75, 3.05) is 10.6 Å². The molecule has 6 heteroatoms. The first-order valence-corrected chi connectivity index (χ1v) is 9.54. The first-order valence-electron chi connectivity index (χ1n) is 8.34. The number of benzene rings is 2. The summed E-state index contributed by atoms with van der Waals surface area (Å²) in [5.74, 6) is 0.694. The highest BCUT2D eigenvalue weighted by molar-refractivity contribution is 9.10. The molecule has 2 N–H and O–H groups in total. The topological polar surface area (TPSA) is 41.9 Å². The normalized spacial score (nSPS) is 10.6. The van der Waals surface area contributed by atoms with E-state index in [1.807, 2.05) is 10.9 Å². The summed E-state index contributed by atoms with van der Waals surface area (Å²) in [6, 6.07) is 14.7. The molecule has 0 saturated carbocycles. The van der Waals surface area contributed by atoms with Gasteiger partial charge >= 0.3 is 0 Å². The second kappa shape index (κ2) is 8.01. The number of nitrogens with one attached hydrogen (secondary N) is 2. The van der Waals surface area contributed by atoms with Crippen LogP contribution in [0, 0.1) is 20.8 Å². The maximum Gasteiger partial charge on any atom is 0.176 e. The van der Waals surface area contributed by atoms with Gasteiger partial charge in [-0.1, -0.05) is 42.0 Å². The molecule has 0 fully saturated rings. The van der Waals surface area contributed by atoms with Crippen molar-refractivity contribution in [3.05, 3.63) is 75.4 Å². The van der Waals surface area contributed by atoms with Crippen LogP contribution in [0.1, 0.15) is 22.3 Å². The highest BCUT2D eigenvalue weighted by atomic mass is 79.9. The van der Waals surface area contributed by atoms with Crippen LogP contribution in [0.25, 0.3) is 0 Å². The van der Waals surface area contributed by atoms with Crippen LogP contribution in [-0.4, -0.2) is 14.9 Å². The van der Waals surface area contributed by atoms with Crippen LogP contribution in [-0.2, 0) is 6.54 Å². The highest BCUT2D eigenvalue weighted by Crippen LogP contribution is 2.22. The van der Waals surface area contributed by atoms with Crippen LogP contribution in [0.2, 0.25) is 0 Å². The molecule has 3 rings (SSSR count). The largest absolute Gasteiger partial charge is 0.332 e. The molecule has 0 aliphatic heterocycles. The Hall–Kier alpha value is -2.18. The van der Waals surface area contributed by atoms with Gasteiger partial charge in [0.1, 0.15) is 0 Å². The fourth-order valence-corrected chi connectivity index (χ4v) is 3.20. The van der Waals surface area contributed by atoms with Crippen molar-refractivity contribution in [2.24, 2.45) is 0 Å². The zero-order valence-corrected chi connectivity index (χ0v) is 17.4. The first-order chi connectivity index (χ1) is 12.4. The first kappa shape index (κ1) is 18.6. The van der Waals surface area contributed by atoms with Crippen LogP contribution in [0.4, 0.5) is 11.5 Å². The Kier molecular flexibility index (Phi) is 5.74. The average molecular weight is 429 g/mol. The maximum atomic E-state index is 5.44. The van der Waals surface area contributed by atoms with E-state index in [2.05, 4.69) is 94.9 Å². The molecule has 1 aromatic heterocycles. The Balaban J connectivity index is 1.68. The molecule has 0 atom stereocenters. The number of aryl methyl sites for hydroxylation is 3. The second-order valence-corrected chi connectivity index (χ2v) is 7.67. The van der Waals surface area contributed by atoms with Gasteiger partial charge in [0.05, 0.1) is 11.0 Å². The van der Waals surface area contributed by atoms with Crippen molar-refractivity contribution >= 4 is 44.8 Å². The van der Waals surface area contributed by atoms with Crippen LogP contribution in [0.5, 0.6) is 0 Å². The monoisotopic (exact) mass is 428 g/mol. The predicted octanol–water partition coefficient (Wildman–Crippen LogP) is 5.43. The molecule has 134 valence electrons. The second-order valence-electron chi connectivity index (χ2n) is 6.41. The van der Waals surface area contributed by atoms with Gasteiger partial charge in [0.2, 0.25) is 0 Å². The molecule has 0 unspecified atom stereocenters. The molecular formula is C20H21BrN4S. The summed E-state index contributed by atoms with van der Waals surface area (Å²) < 4.78 is 2.76. The molecule has 2 aromatic carbocycles. The number of anilines is 2. The molecule has 0 aliphatic carbocycles. The lowest BCUT2D eigenvalue weighted by Gasteiger charge is -2.12. The molecule has 0 amide bonds. The third-order valence-electron chi connectivity index (χ3n) is 4.06. The minimum absolute atomic E-state index is 0.514. The molecule has 0 aliphatic rings. The van der Waals surface area contributed by atoms with Crippen molar-refractivity contribution in [3.8, 4) is 0 Å². The molecular weight excluding hydrogens is 408 g/mol. The zero-order valence-electron chi connectivity index (χ0n) is 15.0. The van der Waals surface area contributed by atoms with Crippen LogP contribution < -0.4 is 10.6 Å². The summed E-state index contributed by atoms with van der Waals surface area (Å²) in [6.45, 7) is 6.90. The standard InChI is InChI=1S/C20H21BrN4S/c1-13-5-8-16(9-6-13)11-25-12-17(21)19(24-25)23-20(26)22-18-10-14(2)4-7-15(18)3/h4-10,12H,11H2,1-3H3,(H2,22,23,24,26). The fraction of sp³-hybridized carbons (Fsp3) is 0.200. The number of halogens is 1. The number of aromatic nitrogens is 2. The van der Waals surface area contributed by atoms with Crippen molar-refractivity contribution in [2.45, 2.75) is 27.3 Å². The minimum atomic E-state index is 0.514. The minimum Gasteiger partial charge on any atom is -0.332 e. The van der Waals surface area contributed by atoms with Crippen molar-refractivity contribution in [3.63, 3.8) is 0 Å². The van der Waals surface area contributed by atoms with Gasteiger partial charge in [0.25, 0.3) is 0 Å². The van der Waals surface area contributed by atoms with Crippen LogP contribution >= 0.6 is 28.1 Å².